The normalized spacial score (nSPS) is 19.1. The van der Waals surface area contributed by atoms with Crippen molar-refractivity contribution >= 4 is 5.91 Å². The molecule has 0 aromatic heterocycles. The second kappa shape index (κ2) is 7.49. The quantitative estimate of drug-likeness (QED) is 0.875. The molecule has 1 saturated heterocycles. The van der Waals surface area contributed by atoms with E-state index in [1.54, 1.807) is 14.2 Å². The first kappa shape index (κ1) is 16.6. The first-order valence-corrected chi connectivity index (χ1v) is 7.79. The smallest absolute Gasteiger partial charge is 0.227 e. The summed E-state index contributed by atoms with van der Waals surface area (Å²) in [4.78, 5) is 14.7. The molecule has 2 rings (SSSR count). The molecule has 122 valence electrons. The number of ether oxygens (including phenoxy) is 2. The predicted molar refractivity (Wildman–Crippen MR) is 86.3 cm³/mol. The molecule has 0 aliphatic carbocycles. The number of likely N-dealkylation sites (tertiary alicyclic amines) is 1. The van der Waals surface area contributed by atoms with E-state index >= 15 is 0 Å². The number of hydrogen-bond acceptors (Lipinski definition) is 4. The Bertz CT molecular complexity index is 519. The molecular weight excluding hydrogens is 280 g/mol. The Balaban J connectivity index is 2.25. The van der Waals surface area contributed by atoms with Crippen molar-refractivity contribution in [2.75, 3.05) is 34.4 Å². The number of nitrogens with zero attached hydrogens (tertiary/aromatic N) is 1. The second-order valence-corrected chi connectivity index (χ2v) is 5.76. The van der Waals surface area contributed by atoms with Crippen molar-refractivity contribution in [1.82, 2.24) is 10.2 Å². The minimum atomic E-state index is -0.0187. The van der Waals surface area contributed by atoms with Crippen LogP contribution in [0.4, 0.5) is 0 Å². The lowest BCUT2D eigenvalue weighted by molar-refractivity contribution is -0.135. The van der Waals surface area contributed by atoms with Crippen LogP contribution >= 0.6 is 0 Å². The SMILES string of the molecule is CNCC(C)C(=O)N1CCCC1c1ccc(OC)cc1OC. The van der Waals surface area contributed by atoms with Gasteiger partial charge in [0.25, 0.3) is 0 Å². The molecule has 0 bridgehead atoms. The molecule has 0 spiro atoms. The molecule has 1 aromatic carbocycles. The van der Waals surface area contributed by atoms with Crippen LogP contribution in [0.1, 0.15) is 31.4 Å². The van der Waals surface area contributed by atoms with Gasteiger partial charge in [0.1, 0.15) is 11.5 Å². The van der Waals surface area contributed by atoms with Crippen molar-refractivity contribution in [3.8, 4) is 11.5 Å². The van der Waals surface area contributed by atoms with E-state index in [-0.39, 0.29) is 17.9 Å². The van der Waals surface area contributed by atoms with Crippen LogP contribution < -0.4 is 14.8 Å². The fourth-order valence-corrected chi connectivity index (χ4v) is 3.12. The molecule has 2 unspecified atom stereocenters. The van der Waals surface area contributed by atoms with E-state index in [0.29, 0.717) is 6.54 Å². The van der Waals surface area contributed by atoms with Crippen LogP contribution in [-0.2, 0) is 4.79 Å². The molecule has 1 N–H and O–H groups in total. The van der Waals surface area contributed by atoms with Gasteiger partial charge in [0.15, 0.2) is 0 Å². The average molecular weight is 306 g/mol. The lowest BCUT2D eigenvalue weighted by atomic mass is 10.0. The van der Waals surface area contributed by atoms with Crippen LogP contribution in [0.25, 0.3) is 0 Å². The molecular formula is C17H26N2O3. The largest absolute Gasteiger partial charge is 0.497 e. The number of rotatable bonds is 6. The van der Waals surface area contributed by atoms with Gasteiger partial charge in [-0.25, -0.2) is 0 Å². The standard InChI is InChI=1S/C17H26N2O3/c1-12(11-18-2)17(20)19-9-5-6-15(19)14-8-7-13(21-3)10-16(14)22-4/h7-8,10,12,15,18H,5-6,9,11H2,1-4H3. The summed E-state index contributed by atoms with van der Waals surface area (Å²) in [5.41, 5.74) is 1.06. The maximum Gasteiger partial charge on any atom is 0.227 e. The Labute approximate surface area is 132 Å². The Hall–Kier alpha value is -1.75. The van der Waals surface area contributed by atoms with E-state index in [9.17, 15) is 4.79 Å². The van der Waals surface area contributed by atoms with Crippen LogP contribution in [0, 0.1) is 5.92 Å². The van der Waals surface area contributed by atoms with E-state index in [0.717, 1.165) is 36.4 Å². The summed E-state index contributed by atoms with van der Waals surface area (Å²) >= 11 is 0. The minimum absolute atomic E-state index is 0.0187. The van der Waals surface area contributed by atoms with Crippen LogP contribution in [0.3, 0.4) is 0 Å². The third kappa shape index (κ3) is 3.35. The summed E-state index contributed by atoms with van der Waals surface area (Å²) in [6, 6.07) is 5.91. The zero-order chi connectivity index (χ0) is 16.1. The third-order valence-electron chi connectivity index (χ3n) is 4.27. The van der Waals surface area contributed by atoms with Crippen molar-refractivity contribution < 1.29 is 14.3 Å². The van der Waals surface area contributed by atoms with E-state index in [2.05, 4.69) is 5.32 Å². The average Bonchev–Trinajstić information content (AvgIpc) is 3.02. The molecule has 1 aromatic rings. The number of nitrogens with one attached hydrogen (secondary N) is 1. The van der Waals surface area contributed by atoms with Gasteiger partial charge in [0, 0.05) is 30.6 Å². The van der Waals surface area contributed by atoms with E-state index in [1.807, 2.05) is 37.1 Å². The van der Waals surface area contributed by atoms with Gasteiger partial charge in [0.05, 0.1) is 20.3 Å². The highest BCUT2D eigenvalue weighted by Gasteiger charge is 2.33. The van der Waals surface area contributed by atoms with Crippen molar-refractivity contribution in [2.24, 2.45) is 5.92 Å². The minimum Gasteiger partial charge on any atom is -0.497 e. The van der Waals surface area contributed by atoms with Gasteiger partial charge in [-0.2, -0.15) is 0 Å². The molecule has 1 heterocycles. The zero-order valence-corrected chi connectivity index (χ0v) is 13.9. The molecule has 5 nitrogen and oxygen atoms in total. The number of carbonyl (C=O) groups is 1. The summed E-state index contributed by atoms with van der Waals surface area (Å²) in [6.07, 6.45) is 2.00. The first-order chi connectivity index (χ1) is 10.6. The Morgan fingerprint density at radius 2 is 2.18 bits per heavy atom. The Kier molecular flexibility index (Phi) is 5.66. The van der Waals surface area contributed by atoms with E-state index in [1.165, 1.54) is 0 Å². The van der Waals surface area contributed by atoms with Gasteiger partial charge in [-0.1, -0.05) is 6.92 Å². The van der Waals surface area contributed by atoms with E-state index in [4.69, 9.17) is 9.47 Å². The van der Waals surface area contributed by atoms with Gasteiger partial charge in [-0.3, -0.25) is 4.79 Å². The highest BCUT2D eigenvalue weighted by atomic mass is 16.5. The summed E-state index contributed by atoms with van der Waals surface area (Å²) < 4.78 is 10.8. The van der Waals surface area contributed by atoms with Gasteiger partial charge in [-0.15, -0.1) is 0 Å². The number of methoxy groups -OCH3 is 2. The Morgan fingerprint density at radius 3 is 2.82 bits per heavy atom. The fraction of sp³-hybridized carbons (Fsp3) is 0.588. The maximum atomic E-state index is 12.7. The third-order valence-corrected chi connectivity index (χ3v) is 4.27. The number of benzene rings is 1. The monoisotopic (exact) mass is 306 g/mol. The summed E-state index contributed by atoms with van der Waals surface area (Å²) in [6.45, 7) is 3.48. The van der Waals surface area contributed by atoms with Gasteiger partial charge in [-0.05, 0) is 32.0 Å². The van der Waals surface area contributed by atoms with Crippen molar-refractivity contribution in [3.63, 3.8) is 0 Å². The second-order valence-electron chi connectivity index (χ2n) is 5.76. The zero-order valence-electron chi connectivity index (χ0n) is 13.9. The molecule has 1 amide bonds. The topological polar surface area (TPSA) is 50.8 Å². The van der Waals surface area contributed by atoms with Crippen molar-refractivity contribution in [2.45, 2.75) is 25.8 Å². The van der Waals surface area contributed by atoms with Gasteiger partial charge < -0.3 is 19.7 Å². The lowest BCUT2D eigenvalue weighted by Gasteiger charge is -2.29. The molecule has 2 atom stereocenters. The summed E-state index contributed by atoms with van der Waals surface area (Å²) in [7, 11) is 5.17. The molecule has 5 heteroatoms. The highest BCUT2D eigenvalue weighted by Crippen LogP contribution is 2.39. The van der Waals surface area contributed by atoms with Crippen molar-refractivity contribution in [1.29, 1.82) is 0 Å². The van der Waals surface area contributed by atoms with Gasteiger partial charge in [0.2, 0.25) is 5.91 Å². The number of amides is 1. The fourth-order valence-electron chi connectivity index (χ4n) is 3.12. The van der Waals surface area contributed by atoms with Crippen molar-refractivity contribution in [3.05, 3.63) is 23.8 Å². The Morgan fingerprint density at radius 1 is 1.41 bits per heavy atom. The predicted octanol–water partition coefficient (Wildman–Crippen LogP) is 2.22. The molecule has 1 aliphatic rings. The molecule has 22 heavy (non-hydrogen) atoms. The summed E-state index contributed by atoms with van der Waals surface area (Å²) in [5.74, 6) is 1.73. The summed E-state index contributed by atoms with van der Waals surface area (Å²) in [5, 5.41) is 3.08. The van der Waals surface area contributed by atoms with Crippen LogP contribution in [-0.4, -0.2) is 45.2 Å². The van der Waals surface area contributed by atoms with Crippen LogP contribution in [0.2, 0.25) is 0 Å². The van der Waals surface area contributed by atoms with E-state index < -0.39 is 0 Å². The number of carbonyl (C=O) groups excluding carboxylic acids is 1. The highest BCUT2D eigenvalue weighted by molar-refractivity contribution is 5.79. The number of hydrogen-bond donors (Lipinski definition) is 1. The maximum absolute atomic E-state index is 12.7. The van der Waals surface area contributed by atoms with Gasteiger partial charge >= 0.3 is 0 Å². The lowest BCUT2D eigenvalue weighted by Crippen LogP contribution is -2.38. The molecule has 1 fully saturated rings. The molecule has 0 radical (unpaired) electrons. The first-order valence-electron chi connectivity index (χ1n) is 7.79. The molecule has 0 saturated carbocycles. The molecule has 1 aliphatic heterocycles. The van der Waals surface area contributed by atoms with Crippen LogP contribution in [0.5, 0.6) is 11.5 Å². The van der Waals surface area contributed by atoms with Crippen LogP contribution in [0.15, 0.2) is 18.2 Å².